The van der Waals surface area contributed by atoms with Crippen molar-refractivity contribution in [3.8, 4) is 5.75 Å². The van der Waals surface area contributed by atoms with E-state index < -0.39 is 0 Å². The number of benzene rings is 1. The summed E-state index contributed by atoms with van der Waals surface area (Å²) < 4.78 is 5.32. The lowest BCUT2D eigenvalue weighted by Crippen LogP contribution is -2.02. The van der Waals surface area contributed by atoms with Crippen LogP contribution in [0.25, 0.3) is 0 Å². The number of hydrogen-bond acceptors (Lipinski definition) is 2. The van der Waals surface area contributed by atoms with Gasteiger partial charge in [0, 0.05) is 0 Å². The monoisotopic (exact) mass is 194 g/mol. The van der Waals surface area contributed by atoms with Gasteiger partial charge in [-0.25, -0.2) is 0 Å². The molecule has 0 fully saturated rings. The van der Waals surface area contributed by atoms with E-state index in [0.717, 1.165) is 5.75 Å². The Kier molecular flexibility index (Phi) is 3.96. The van der Waals surface area contributed by atoms with Crippen molar-refractivity contribution in [2.45, 2.75) is 26.7 Å². The first-order valence-corrected chi connectivity index (χ1v) is 4.99. The van der Waals surface area contributed by atoms with E-state index in [1.165, 1.54) is 11.1 Å². The van der Waals surface area contributed by atoms with Gasteiger partial charge in [0.05, 0.1) is 6.61 Å². The molecular weight excluding hydrogens is 176 g/mol. The second-order valence-corrected chi connectivity index (χ2v) is 3.75. The first-order valence-electron chi connectivity index (χ1n) is 4.99. The molecule has 0 unspecified atom stereocenters. The van der Waals surface area contributed by atoms with Crippen LogP contribution in [0.4, 0.5) is 0 Å². The van der Waals surface area contributed by atoms with Gasteiger partial charge in [-0.2, -0.15) is 0 Å². The maximum absolute atomic E-state index is 8.61. The predicted molar refractivity (Wildman–Crippen MR) is 57.8 cm³/mol. The SMILES string of the molecule is Cc1cc(OCCO)ccc1C(C)C. The molecule has 14 heavy (non-hydrogen) atoms. The van der Waals surface area contributed by atoms with E-state index in [4.69, 9.17) is 9.84 Å². The normalized spacial score (nSPS) is 10.6. The fourth-order valence-corrected chi connectivity index (χ4v) is 1.55. The number of rotatable bonds is 4. The molecular formula is C12H18O2. The summed E-state index contributed by atoms with van der Waals surface area (Å²) in [7, 11) is 0. The molecule has 1 aromatic rings. The Morgan fingerprint density at radius 1 is 1.36 bits per heavy atom. The molecule has 0 aliphatic heterocycles. The average Bonchev–Trinajstić information content (AvgIpc) is 2.14. The highest BCUT2D eigenvalue weighted by molar-refractivity contribution is 5.36. The van der Waals surface area contributed by atoms with Crippen molar-refractivity contribution in [1.82, 2.24) is 0 Å². The summed E-state index contributed by atoms with van der Waals surface area (Å²) >= 11 is 0. The predicted octanol–water partition coefficient (Wildman–Crippen LogP) is 2.49. The van der Waals surface area contributed by atoms with E-state index in [9.17, 15) is 0 Å². The summed E-state index contributed by atoms with van der Waals surface area (Å²) in [5, 5.41) is 8.61. The van der Waals surface area contributed by atoms with Crippen LogP contribution >= 0.6 is 0 Å². The van der Waals surface area contributed by atoms with Gasteiger partial charge in [-0.15, -0.1) is 0 Å². The molecule has 0 aliphatic rings. The molecule has 0 aromatic heterocycles. The minimum Gasteiger partial charge on any atom is -0.491 e. The molecule has 0 aliphatic carbocycles. The number of aliphatic hydroxyl groups is 1. The molecule has 1 rings (SSSR count). The van der Waals surface area contributed by atoms with Crippen molar-refractivity contribution >= 4 is 0 Å². The van der Waals surface area contributed by atoms with Crippen LogP contribution in [0.3, 0.4) is 0 Å². The topological polar surface area (TPSA) is 29.5 Å². The molecule has 0 amide bonds. The Bertz CT molecular complexity index is 292. The molecule has 0 atom stereocenters. The first kappa shape index (κ1) is 11.1. The van der Waals surface area contributed by atoms with E-state index in [0.29, 0.717) is 12.5 Å². The van der Waals surface area contributed by atoms with Crippen LogP contribution in [0.15, 0.2) is 18.2 Å². The number of ether oxygens (including phenoxy) is 1. The minimum absolute atomic E-state index is 0.0605. The number of hydrogen-bond donors (Lipinski definition) is 1. The molecule has 0 bridgehead atoms. The van der Waals surface area contributed by atoms with Crippen molar-refractivity contribution < 1.29 is 9.84 Å². The maximum atomic E-state index is 8.61. The molecule has 0 radical (unpaired) electrons. The summed E-state index contributed by atoms with van der Waals surface area (Å²) in [6.45, 7) is 6.86. The molecule has 0 heterocycles. The highest BCUT2D eigenvalue weighted by atomic mass is 16.5. The van der Waals surface area contributed by atoms with Gasteiger partial charge in [0.2, 0.25) is 0 Å². The highest BCUT2D eigenvalue weighted by Crippen LogP contribution is 2.23. The van der Waals surface area contributed by atoms with Crippen LogP contribution in [0.5, 0.6) is 5.75 Å². The van der Waals surface area contributed by atoms with Crippen LogP contribution in [-0.4, -0.2) is 18.3 Å². The van der Waals surface area contributed by atoms with E-state index in [1.807, 2.05) is 12.1 Å². The highest BCUT2D eigenvalue weighted by Gasteiger charge is 2.04. The molecule has 0 saturated carbocycles. The smallest absolute Gasteiger partial charge is 0.119 e. The Labute approximate surface area is 85.5 Å². The van der Waals surface area contributed by atoms with E-state index in [-0.39, 0.29) is 6.61 Å². The Morgan fingerprint density at radius 2 is 2.07 bits per heavy atom. The van der Waals surface area contributed by atoms with Gasteiger partial charge in [0.15, 0.2) is 0 Å². The molecule has 78 valence electrons. The Morgan fingerprint density at radius 3 is 2.57 bits per heavy atom. The third-order valence-corrected chi connectivity index (χ3v) is 2.22. The van der Waals surface area contributed by atoms with Crippen molar-refractivity contribution in [3.05, 3.63) is 29.3 Å². The third-order valence-electron chi connectivity index (χ3n) is 2.22. The van der Waals surface area contributed by atoms with Crippen LogP contribution in [0, 0.1) is 6.92 Å². The number of aliphatic hydroxyl groups excluding tert-OH is 1. The third kappa shape index (κ3) is 2.74. The molecule has 0 spiro atoms. The first-order chi connectivity index (χ1) is 6.65. The molecule has 2 heteroatoms. The van der Waals surface area contributed by atoms with Gasteiger partial charge in [-0.1, -0.05) is 19.9 Å². The molecule has 2 nitrogen and oxygen atoms in total. The molecule has 1 N–H and O–H groups in total. The van der Waals surface area contributed by atoms with Gasteiger partial charge >= 0.3 is 0 Å². The lowest BCUT2D eigenvalue weighted by molar-refractivity contribution is 0.201. The fraction of sp³-hybridized carbons (Fsp3) is 0.500. The Hall–Kier alpha value is -1.02. The average molecular weight is 194 g/mol. The second kappa shape index (κ2) is 5.01. The lowest BCUT2D eigenvalue weighted by atomic mass is 9.98. The zero-order chi connectivity index (χ0) is 10.6. The van der Waals surface area contributed by atoms with Crippen LogP contribution in [-0.2, 0) is 0 Å². The zero-order valence-electron chi connectivity index (χ0n) is 9.08. The van der Waals surface area contributed by atoms with E-state index in [1.54, 1.807) is 0 Å². The fourth-order valence-electron chi connectivity index (χ4n) is 1.55. The number of aryl methyl sites for hydroxylation is 1. The second-order valence-electron chi connectivity index (χ2n) is 3.75. The van der Waals surface area contributed by atoms with Crippen molar-refractivity contribution in [2.24, 2.45) is 0 Å². The zero-order valence-corrected chi connectivity index (χ0v) is 9.08. The summed E-state index contributed by atoms with van der Waals surface area (Å²) in [4.78, 5) is 0. The Balaban J connectivity index is 2.78. The van der Waals surface area contributed by atoms with Crippen molar-refractivity contribution in [1.29, 1.82) is 0 Å². The van der Waals surface area contributed by atoms with Gasteiger partial charge < -0.3 is 9.84 Å². The van der Waals surface area contributed by atoms with E-state index >= 15 is 0 Å². The van der Waals surface area contributed by atoms with Gasteiger partial charge in [0.1, 0.15) is 12.4 Å². The largest absolute Gasteiger partial charge is 0.491 e. The summed E-state index contributed by atoms with van der Waals surface area (Å²) in [5.41, 5.74) is 2.59. The van der Waals surface area contributed by atoms with Crippen LogP contribution < -0.4 is 4.74 Å². The quantitative estimate of drug-likeness (QED) is 0.798. The standard InChI is InChI=1S/C12H18O2/c1-9(2)12-5-4-11(8-10(12)3)14-7-6-13/h4-5,8-9,13H,6-7H2,1-3H3. The minimum atomic E-state index is 0.0605. The van der Waals surface area contributed by atoms with Crippen molar-refractivity contribution in [3.63, 3.8) is 0 Å². The molecule has 1 aromatic carbocycles. The van der Waals surface area contributed by atoms with Gasteiger partial charge in [-0.3, -0.25) is 0 Å². The van der Waals surface area contributed by atoms with Crippen LogP contribution in [0.1, 0.15) is 30.9 Å². The van der Waals surface area contributed by atoms with E-state index in [2.05, 4.69) is 26.8 Å². The van der Waals surface area contributed by atoms with Crippen molar-refractivity contribution in [2.75, 3.05) is 13.2 Å². The summed E-state index contributed by atoms with van der Waals surface area (Å²) in [5.74, 6) is 1.38. The lowest BCUT2D eigenvalue weighted by Gasteiger charge is -2.11. The van der Waals surface area contributed by atoms with Gasteiger partial charge in [0.25, 0.3) is 0 Å². The van der Waals surface area contributed by atoms with Gasteiger partial charge in [-0.05, 0) is 36.1 Å². The summed E-state index contributed by atoms with van der Waals surface area (Å²) in [6, 6.07) is 6.07. The maximum Gasteiger partial charge on any atom is 0.119 e. The summed E-state index contributed by atoms with van der Waals surface area (Å²) in [6.07, 6.45) is 0. The molecule has 0 saturated heterocycles. The van der Waals surface area contributed by atoms with Crippen LogP contribution in [0.2, 0.25) is 0 Å².